The van der Waals surface area contributed by atoms with Gasteiger partial charge in [-0.3, -0.25) is 4.79 Å². The van der Waals surface area contributed by atoms with Gasteiger partial charge in [0.25, 0.3) is 0 Å². The van der Waals surface area contributed by atoms with E-state index in [0.717, 1.165) is 25.7 Å². The summed E-state index contributed by atoms with van der Waals surface area (Å²) in [5, 5.41) is 0. The van der Waals surface area contributed by atoms with Gasteiger partial charge in [0.2, 0.25) is 5.91 Å². The third-order valence-corrected chi connectivity index (χ3v) is 3.45. The van der Waals surface area contributed by atoms with Gasteiger partial charge in [0.1, 0.15) is 5.60 Å². The van der Waals surface area contributed by atoms with E-state index >= 15 is 0 Å². The van der Waals surface area contributed by atoms with Gasteiger partial charge in [0, 0.05) is 12.5 Å². The van der Waals surface area contributed by atoms with E-state index in [4.69, 9.17) is 4.74 Å². The van der Waals surface area contributed by atoms with Crippen LogP contribution in [0.25, 0.3) is 0 Å². The Balaban J connectivity index is 2.70. The van der Waals surface area contributed by atoms with Crippen LogP contribution in [0.5, 0.6) is 0 Å². The Bertz CT molecular complexity index is 333. The van der Waals surface area contributed by atoms with Gasteiger partial charge < -0.3 is 4.74 Å². The molecule has 0 aromatic rings. The average Bonchev–Trinajstić information content (AvgIpc) is 2.51. The Morgan fingerprint density at radius 1 is 1.37 bits per heavy atom. The number of nitrogens with zero attached hydrogens (tertiary/aromatic N) is 1. The second kappa shape index (κ2) is 6.40. The lowest BCUT2D eigenvalue weighted by molar-refractivity contribution is -0.128. The molecule has 110 valence electrons. The maximum Gasteiger partial charge on any atom is 0.417 e. The van der Waals surface area contributed by atoms with E-state index in [1.165, 1.54) is 4.90 Å². The van der Waals surface area contributed by atoms with Gasteiger partial charge in [-0.2, -0.15) is 0 Å². The maximum atomic E-state index is 12.1. The fourth-order valence-electron chi connectivity index (χ4n) is 2.51. The zero-order chi connectivity index (χ0) is 14.6. The van der Waals surface area contributed by atoms with Crippen LogP contribution in [-0.4, -0.2) is 28.5 Å². The van der Waals surface area contributed by atoms with Gasteiger partial charge in [-0.15, -0.1) is 0 Å². The van der Waals surface area contributed by atoms with Crippen LogP contribution in [0.2, 0.25) is 0 Å². The second-order valence-corrected chi connectivity index (χ2v) is 6.49. The third-order valence-electron chi connectivity index (χ3n) is 3.45. The minimum atomic E-state index is -0.558. The van der Waals surface area contributed by atoms with E-state index in [-0.39, 0.29) is 17.9 Å². The molecule has 2 atom stereocenters. The molecule has 2 amide bonds. The van der Waals surface area contributed by atoms with E-state index in [1.54, 1.807) is 0 Å². The summed E-state index contributed by atoms with van der Waals surface area (Å²) in [6.07, 6.45) is 4.19. The lowest BCUT2D eigenvalue weighted by atomic mass is 9.97. The summed E-state index contributed by atoms with van der Waals surface area (Å²) < 4.78 is 5.34. The number of hydrogen-bond acceptors (Lipinski definition) is 3. The van der Waals surface area contributed by atoms with Crippen molar-refractivity contribution in [3.05, 3.63) is 0 Å². The summed E-state index contributed by atoms with van der Waals surface area (Å²) in [6.45, 7) is 9.65. The summed E-state index contributed by atoms with van der Waals surface area (Å²) in [7, 11) is 0. The fraction of sp³-hybridized carbons (Fsp3) is 0.867. The highest BCUT2D eigenvalue weighted by Gasteiger charge is 2.42. The molecule has 0 aromatic heterocycles. The molecule has 0 radical (unpaired) electrons. The number of likely N-dealkylation sites (tertiary alicyclic amines) is 1. The van der Waals surface area contributed by atoms with E-state index in [9.17, 15) is 9.59 Å². The van der Waals surface area contributed by atoms with Crippen molar-refractivity contribution in [3.8, 4) is 0 Å². The predicted octanol–water partition coefficient (Wildman–Crippen LogP) is 3.74. The standard InChI is InChI=1S/C15H27NO3/c1-6-7-8-9-12-11(2)10-13(17)16(12)14(18)19-15(3,4)5/h11-12H,6-10H2,1-5H3/t11-,12-/m1/s1. The average molecular weight is 269 g/mol. The molecule has 0 aromatic carbocycles. The molecule has 1 aliphatic rings. The minimum absolute atomic E-state index is 0.00824. The fourth-order valence-corrected chi connectivity index (χ4v) is 2.51. The highest BCUT2D eigenvalue weighted by atomic mass is 16.6. The third kappa shape index (κ3) is 4.51. The van der Waals surface area contributed by atoms with Crippen molar-refractivity contribution in [2.24, 2.45) is 5.92 Å². The largest absolute Gasteiger partial charge is 0.443 e. The summed E-state index contributed by atoms with van der Waals surface area (Å²) in [5.74, 6) is 0.139. The highest BCUT2D eigenvalue weighted by Crippen LogP contribution is 2.30. The number of unbranched alkanes of at least 4 members (excludes halogenated alkanes) is 2. The van der Waals surface area contributed by atoms with Crippen LogP contribution < -0.4 is 0 Å². The number of rotatable bonds is 4. The lowest BCUT2D eigenvalue weighted by Gasteiger charge is -2.28. The first kappa shape index (κ1) is 16.0. The Labute approximate surface area is 116 Å². The topological polar surface area (TPSA) is 46.6 Å². The van der Waals surface area contributed by atoms with Crippen LogP contribution in [0, 0.1) is 5.92 Å². The van der Waals surface area contributed by atoms with E-state index in [1.807, 2.05) is 27.7 Å². The molecular formula is C15H27NO3. The zero-order valence-electron chi connectivity index (χ0n) is 12.9. The molecular weight excluding hydrogens is 242 g/mol. The molecule has 0 spiro atoms. The molecule has 0 N–H and O–H groups in total. The SMILES string of the molecule is CCCCC[C@@H]1[C@H](C)CC(=O)N1C(=O)OC(C)(C)C. The van der Waals surface area contributed by atoms with Gasteiger partial charge in [0.15, 0.2) is 0 Å². The van der Waals surface area contributed by atoms with Crippen LogP contribution >= 0.6 is 0 Å². The minimum Gasteiger partial charge on any atom is -0.443 e. The normalized spacial score (nSPS) is 23.8. The Kier molecular flexibility index (Phi) is 5.39. The molecule has 4 heteroatoms. The predicted molar refractivity (Wildman–Crippen MR) is 74.8 cm³/mol. The van der Waals surface area contributed by atoms with Gasteiger partial charge >= 0.3 is 6.09 Å². The van der Waals surface area contributed by atoms with Gasteiger partial charge in [-0.1, -0.05) is 33.1 Å². The number of ether oxygens (including phenoxy) is 1. The smallest absolute Gasteiger partial charge is 0.417 e. The number of amides is 2. The number of carbonyl (C=O) groups excluding carboxylic acids is 2. The maximum absolute atomic E-state index is 12.1. The number of carbonyl (C=O) groups is 2. The van der Waals surface area contributed by atoms with E-state index in [0.29, 0.717) is 6.42 Å². The molecule has 0 bridgehead atoms. The Morgan fingerprint density at radius 2 is 2.00 bits per heavy atom. The Morgan fingerprint density at radius 3 is 2.53 bits per heavy atom. The van der Waals surface area contributed by atoms with Crippen LogP contribution in [-0.2, 0) is 9.53 Å². The summed E-state index contributed by atoms with van der Waals surface area (Å²) in [6, 6.07) is 0.00824. The second-order valence-electron chi connectivity index (χ2n) is 6.49. The van der Waals surface area contributed by atoms with Crippen molar-refractivity contribution in [1.29, 1.82) is 0 Å². The first-order valence-electron chi connectivity index (χ1n) is 7.31. The molecule has 1 heterocycles. The number of hydrogen-bond donors (Lipinski definition) is 0. The molecule has 4 nitrogen and oxygen atoms in total. The molecule has 1 rings (SSSR count). The van der Waals surface area contributed by atoms with E-state index in [2.05, 4.69) is 6.92 Å². The van der Waals surface area contributed by atoms with Crippen molar-refractivity contribution in [2.45, 2.75) is 78.4 Å². The van der Waals surface area contributed by atoms with Crippen molar-refractivity contribution in [1.82, 2.24) is 4.90 Å². The molecule has 0 unspecified atom stereocenters. The molecule has 1 fully saturated rings. The lowest BCUT2D eigenvalue weighted by Crippen LogP contribution is -2.43. The molecule has 19 heavy (non-hydrogen) atoms. The first-order valence-corrected chi connectivity index (χ1v) is 7.31. The quantitative estimate of drug-likeness (QED) is 0.730. The monoisotopic (exact) mass is 269 g/mol. The molecule has 0 aliphatic carbocycles. The van der Waals surface area contributed by atoms with Crippen LogP contribution in [0.4, 0.5) is 4.79 Å². The van der Waals surface area contributed by atoms with Crippen LogP contribution in [0.15, 0.2) is 0 Å². The highest BCUT2D eigenvalue weighted by molar-refractivity contribution is 5.94. The van der Waals surface area contributed by atoms with Crippen molar-refractivity contribution < 1.29 is 14.3 Å². The molecule has 1 aliphatic heterocycles. The molecule has 1 saturated heterocycles. The zero-order valence-corrected chi connectivity index (χ0v) is 12.9. The van der Waals surface area contributed by atoms with Gasteiger partial charge in [-0.25, -0.2) is 9.69 Å². The van der Waals surface area contributed by atoms with Gasteiger partial charge in [-0.05, 0) is 33.1 Å². The van der Waals surface area contributed by atoms with Crippen LogP contribution in [0.3, 0.4) is 0 Å². The van der Waals surface area contributed by atoms with Crippen LogP contribution in [0.1, 0.15) is 66.7 Å². The summed E-state index contributed by atoms with van der Waals surface area (Å²) in [4.78, 5) is 25.5. The van der Waals surface area contributed by atoms with Crippen molar-refractivity contribution in [2.75, 3.05) is 0 Å². The van der Waals surface area contributed by atoms with Crippen molar-refractivity contribution in [3.63, 3.8) is 0 Å². The van der Waals surface area contributed by atoms with Gasteiger partial charge in [0.05, 0.1) is 0 Å². The summed E-state index contributed by atoms with van der Waals surface area (Å²) >= 11 is 0. The summed E-state index contributed by atoms with van der Waals surface area (Å²) in [5.41, 5.74) is -0.558. The Hall–Kier alpha value is -1.06. The van der Waals surface area contributed by atoms with E-state index < -0.39 is 11.7 Å². The van der Waals surface area contributed by atoms with Crippen molar-refractivity contribution >= 4 is 12.0 Å². The first-order chi connectivity index (χ1) is 8.76. The molecule has 0 saturated carbocycles. The number of imide groups is 1.